The Kier molecular flexibility index (Phi) is 3.58. The van der Waals surface area contributed by atoms with E-state index in [1.807, 2.05) is 45.2 Å². The molecule has 1 aromatic carbocycles. The van der Waals surface area contributed by atoms with E-state index in [9.17, 15) is 0 Å². The third-order valence-electron chi connectivity index (χ3n) is 2.14. The van der Waals surface area contributed by atoms with E-state index in [0.717, 1.165) is 18.0 Å². The Morgan fingerprint density at radius 2 is 1.93 bits per heavy atom. The van der Waals surface area contributed by atoms with E-state index in [-0.39, 0.29) is 5.54 Å². The van der Waals surface area contributed by atoms with Gasteiger partial charge in [0.15, 0.2) is 0 Å². The van der Waals surface area contributed by atoms with Gasteiger partial charge in [0.05, 0.1) is 12.8 Å². The average molecular weight is 208 g/mol. The maximum Gasteiger partial charge on any atom is 0.142 e. The largest absolute Gasteiger partial charge is 0.495 e. The molecule has 0 heterocycles. The normalized spacial score (nSPS) is 11.3. The first kappa shape index (κ1) is 11.9. The zero-order valence-electron chi connectivity index (χ0n) is 9.95. The monoisotopic (exact) mass is 208 g/mol. The third-order valence-corrected chi connectivity index (χ3v) is 2.14. The summed E-state index contributed by atoms with van der Waals surface area (Å²) >= 11 is 0. The highest BCUT2D eigenvalue weighted by molar-refractivity contribution is 5.58. The van der Waals surface area contributed by atoms with Crippen molar-refractivity contribution < 1.29 is 4.74 Å². The van der Waals surface area contributed by atoms with E-state index in [0.29, 0.717) is 0 Å². The fourth-order valence-electron chi connectivity index (χ4n) is 1.64. The van der Waals surface area contributed by atoms with E-state index in [1.165, 1.54) is 0 Å². The van der Waals surface area contributed by atoms with Crippen LogP contribution >= 0.6 is 0 Å². The van der Waals surface area contributed by atoms with Crippen molar-refractivity contribution in [2.75, 3.05) is 25.6 Å². The number of ether oxygens (including phenoxy) is 1. The second kappa shape index (κ2) is 4.53. The summed E-state index contributed by atoms with van der Waals surface area (Å²) in [6.45, 7) is 4.81. The number of nitrogens with zero attached hydrogens (tertiary/aromatic N) is 1. The molecule has 0 spiro atoms. The first-order valence-electron chi connectivity index (χ1n) is 5.07. The summed E-state index contributed by atoms with van der Waals surface area (Å²) in [5.74, 6) is 0.879. The molecule has 2 N–H and O–H groups in total. The van der Waals surface area contributed by atoms with Crippen molar-refractivity contribution >= 4 is 5.69 Å². The van der Waals surface area contributed by atoms with Gasteiger partial charge in [-0.3, -0.25) is 0 Å². The van der Waals surface area contributed by atoms with Crippen LogP contribution < -0.4 is 15.4 Å². The standard InChI is InChI=1S/C12H20N2O/c1-12(2,13)9-14(3)10-7-5-6-8-11(10)15-4/h5-8H,9,13H2,1-4H3. The van der Waals surface area contributed by atoms with E-state index in [4.69, 9.17) is 10.5 Å². The molecule has 0 atom stereocenters. The molecule has 0 saturated heterocycles. The van der Waals surface area contributed by atoms with Crippen LogP contribution in [0.3, 0.4) is 0 Å². The lowest BCUT2D eigenvalue weighted by Gasteiger charge is -2.29. The summed E-state index contributed by atoms with van der Waals surface area (Å²) in [5.41, 5.74) is 6.84. The number of methoxy groups -OCH3 is 1. The molecule has 0 aromatic heterocycles. The molecule has 0 fully saturated rings. The Morgan fingerprint density at radius 3 is 2.47 bits per heavy atom. The van der Waals surface area contributed by atoms with Gasteiger partial charge in [-0.2, -0.15) is 0 Å². The van der Waals surface area contributed by atoms with Crippen LogP contribution in [0.2, 0.25) is 0 Å². The molecular formula is C12H20N2O. The Labute approximate surface area is 91.8 Å². The number of anilines is 1. The molecule has 0 aliphatic rings. The molecule has 0 aliphatic heterocycles. The second-order valence-corrected chi connectivity index (χ2v) is 4.52. The molecule has 0 unspecified atom stereocenters. The maximum absolute atomic E-state index is 5.98. The van der Waals surface area contributed by atoms with Gasteiger partial charge in [-0.05, 0) is 26.0 Å². The number of nitrogens with two attached hydrogens (primary N) is 1. The van der Waals surface area contributed by atoms with Crippen LogP contribution in [0.1, 0.15) is 13.8 Å². The molecule has 0 radical (unpaired) electrons. The van der Waals surface area contributed by atoms with Gasteiger partial charge in [-0.15, -0.1) is 0 Å². The summed E-state index contributed by atoms with van der Waals surface area (Å²) < 4.78 is 5.30. The zero-order valence-corrected chi connectivity index (χ0v) is 9.95. The minimum Gasteiger partial charge on any atom is -0.495 e. The highest BCUT2D eigenvalue weighted by Gasteiger charge is 2.16. The molecule has 0 bridgehead atoms. The molecule has 15 heavy (non-hydrogen) atoms. The first-order valence-corrected chi connectivity index (χ1v) is 5.07. The van der Waals surface area contributed by atoms with Crippen LogP contribution in [-0.4, -0.2) is 26.2 Å². The van der Waals surface area contributed by atoms with Gasteiger partial charge in [0.1, 0.15) is 5.75 Å². The zero-order chi connectivity index (χ0) is 11.5. The summed E-state index contributed by atoms with van der Waals surface area (Å²) in [7, 11) is 3.70. The molecule has 84 valence electrons. The lowest BCUT2D eigenvalue weighted by atomic mass is 10.1. The second-order valence-electron chi connectivity index (χ2n) is 4.52. The van der Waals surface area contributed by atoms with Gasteiger partial charge >= 0.3 is 0 Å². The van der Waals surface area contributed by atoms with Gasteiger partial charge in [0.25, 0.3) is 0 Å². The lowest BCUT2D eigenvalue weighted by Crippen LogP contribution is -2.44. The van der Waals surface area contributed by atoms with Crippen molar-refractivity contribution in [1.82, 2.24) is 0 Å². The minimum atomic E-state index is -0.213. The van der Waals surface area contributed by atoms with Crippen LogP contribution in [-0.2, 0) is 0 Å². The van der Waals surface area contributed by atoms with E-state index >= 15 is 0 Å². The predicted octanol–water partition coefficient (Wildman–Crippen LogP) is 1.87. The van der Waals surface area contributed by atoms with Crippen molar-refractivity contribution in [3.63, 3.8) is 0 Å². The average Bonchev–Trinajstić information content (AvgIpc) is 2.15. The van der Waals surface area contributed by atoms with Gasteiger partial charge in [0.2, 0.25) is 0 Å². The summed E-state index contributed by atoms with van der Waals surface area (Å²) in [5, 5.41) is 0. The Hall–Kier alpha value is -1.22. The van der Waals surface area contributed by atoms with Gasteiger partial charge in [0, 0.05) is 19.1 Å². The maximum atomic E-state index is 5.98. The topological polar surface area (TPSA) is 38.5 Å². The van der Waals surface area contributed by atoms with Crippen molar-refractivity contribution in [3.05, 3.63) is 24.3 Å². The smallest absolute Gasteiger partial charge is 0.142 e. The number of benzene rings is 1. The number of rotatable bonds is 4. The fourth-order valence-corrected chi connectivity index (χ4v) is 1.64. The van der Waals surface area contributed by atoms with Crippen LogP contribution in [0, 0.1) is 0 Å². The third kappa shape index (κ3) is 3.44. The summed E-state index contributed by atoms with van der Waals surface area (Å²) in [6, 6.07) is 7.95. The quantitative estimate of drug-likeness (QED) is 0.821. The van der Waals surface area contributed by atoms with Crippen molar-refractivity contribution in [3.8, 4) is 5.75 Å². The van der Waals surface area contributed by atoms with Gasteiger partial charge < -0.3 is 15.4 Å². The molecular weight excluding hydrogens is 188 g/mol. The SMILES string of the molecule is COc1ccccc1N(C)CC(C)(C)N. The van der Waals surface area contributed by atoms with E-state index < -0.39 is 0 Å². The van der Waals surface area contributed by atoms with Crippen molar-refractivity contribution in [2.45, 2.75) is 19.4 Å². The predicted molar refractivity (Wildman–Crippen MR) is 64.5 cm³/mol. The van der Waals surface area contributed by atoms with Crippen LogP contribution in [0.25, 0.3) is 0 Å². The van der Waals surface area contributed by atoms with Gasteiger partial charge in [-0.25, -0.2) is 0 Å². The molecule has 1 rings (SSSR count). The number of hydrogen-bond donors (Lipinski definition) is 1. The lowest BCUT2D eigenvalue weighted by molar-refractivity contribution is 0.413. The minimum absolute atomic E-state index is 0.213. The molecule has 0 saturated carbocycles. The van der Waals surface area contributed by atoms with Crippen molar-refractivity contribution in [2.24, 2.45) is 5.73 Å². The molecule has 3 nitrogen and oxygen atoms in total. The molecule has 0 aliphatic carbocycles. The van der Waals surface area contributed by atoms with Gasteiger partial charge in [-0.1, -0.05) is 12.1 Å². The number of para-hydroxylation sites is 2. The van der Waals surface area contributed by atoms with Crippen LogP contribution in [0.15, 0.2) is 24.3 Å². The van der Waals surface area contributed by atoms with E-state index in [1.54, 1.807) is 7.11 Å². The fraction of sp³-hybridized carbons (Fsp3) is 0.500. The molecule has 0 amide bonds. The highest BCUT2D eigenvalue weighted by Crippen LogP contribution is 2.27. The Balaban J connectivity index is 2.86. The van der Waals surface area contributed by atoms with E-state index in [2.05, 4.69) is 4.90 Å². The Morgan fingerprint density at radius 1 is 1.33 bits per heavy atom. The summed E-state index contributed by atoms with van der Waals surface area (Å²) in [4.78, 5) is 2.11. The number of likely N-dealkylation sites (N-methyl/N-ethyl adjacent to an activating group) is 1. The van der Waals surface area contributed by atoms with Crippen LogP contribution in [0.5, 0.6) is 5.75 Å². The van der Waals surface area contributed by atoms with Crippen molar-refractivity contribution in [1.29, 1.82) is 0 Å². The van der Waals surface area contributed by atoms with Crippen LogP contribution in [0.4, 0.5) is 5.69 Å². The summed E-state index contributed by atoms with van der Waals surface area (Å²) in [6.07, 6.45) is 0. The molecule has 1 aromatic rings. The number of hydrogen-bond acceptors (Lipinski definition) is 3. The Bertz CT molecular complexity index is 318. The first-order chi connectivity index (χ1) is 6.94. The molecule has 3 heteroatoms. The highest BCUT2D eigenvalue weighted by atomic mass is 16.5.